The lowest BCUT2D eigenvalue weighted by molar-refractivity contribution is -0.144. The van der Waals surface area contributed by atoms with Crippen LogP contribution in [-0.2, 0) is 9.53 Å². The lowest BCUT2D eigenvalue weighted by Gasteiger charge is -2.34. The van der Waals surface area contributed by atoms with E-state index in [0.29, 0.717) is 19.1 Å². The summed E-state index contributed by atoms with van der Waals surface area (Å²) in [5, 5.41) is 0. The minimum absolute atomic E-state index is 0.0235. The van der Waals surface area contributed by atoms with Gasteiger partial charge in [0.1, 0.15) is 0 Å². The van der Waals surface area contributed by atoms with Gasteiger partial charge in [0, 0.05) is 6.04 Å². The lowest BCUT2D eigenvalue weighted by atomic mass is 10.0. The normalized spacial score (nSPS) is 18.6. The van der Waals surface area contributed by atoms with E-state index in [0.717, 1.165) is 19.5 Å². The standard InChI is InChI=1S/C15H29NO2/c1-3-5-7-10-14(13-15(17)18-4-2)16-11-8-6-9-12-16/h14H,3-13H2,1-2H3. The van der Waals surface area contributed by atoms with Crippen LogP contribution in [0.4, 0.5) is 0 Å². The molecule has 1 rings (SSSR count). The first-order valence-electron chi connectivity index (χ1n) is 7.67. The zero-order chi connectivity index (χ0) is 13.2. The molecule has 0 aliphatic carbocycles. The van der Waals surface area contributed by atoms with E-state index in [1.807, 2.05) is 6.92 Å². The molecule has 3 nitrogen and oxygen atoms in total. The van der Waals surface area contributed by atoms with E-state index in [4.69, 9.17) is 4.74 Å². The average Bonchev–Trinajstić information content (AvgIpc) is 2.39. The smallest absolute Gasteiger partial charge is 0.307 e. The molecule has 0 N–H and O–H groups in total. The summed E-state index contributed by atoms with van der Waals surface area (Å²) in [6.45, 7) is 6.93. The molecule has 3 heteroatoms. The summed E-state index contributed by atoms with van der Waals surface area (Å²) < 4.78 is 5.10. The van der Waals surface area contributed by atoms with Gasteiger partial charge in [0.2, 0.25) is 0 Å². The Bertz CT molecular complexity index is 225. The highest BCUT2D eigenvalue weighted by atomic mass is 16.5. The highest BCUT2D eigenvalue weighted by molar-refractivity contribution is 5.70. The third-order valence-corrected chi connectivity index (χ3v) is 3.76. The molecule has 1 heterocycles. The maximum Gasteiger partial charge on any atom is 0.307 e. The molecule has 1 aliphatic rings. The van der Waals surface area contributed by atoms with E-state index in [-0.39, 0.29) is 5.97 Å². The highest BCUT2D eigenvalue weighted by Crippen LogP contribution is 2.19. The number of carbonyl (C=O) groups is 1. The Morgan fingerprint density at radius 3 is 2.50 bits per heavy atom. The number of piperidine rings is 1. The van der Waals surface area contributed by atoms with Gasteiger partial charge >= 0.3 is 5.97 Å². The third kappa shape index (κ3) is 5.85. The summed E-state index contributed by atoms with van der Waals surface area (Å²) >= 11 is 0. The minimum Gasteiger partial charge on any atom is -0.466 e. The van der Waals surface area contributed by atoms with Gasteiger partial charge in [-0.3, -0.25) is 9.69 Å². The highest BCUT2D eigenvalue weighted by Gasteiger charge is 2.23. The Morgan fingerprint density at radius 1 is 1.17 bits per heavy atom. The molecular formula is C15H29NO2. The summed E-state index contributed by atoms with van der Waals surface area (Å²) in [5.74, 6) is -0.0235. The van der Waals surface area contributed by atoms with Gasteiger partial charge in [-0.25, -0.2) is 0 Å². The van der Waals surface area contributed by atoms with E-state index >= 15 is 0 Å². The van der Waals surface area contributed by atoms with Crippen LogP contribution in [0.5, 0.6) is 0 Å². The number of ether oxygens (including phenoxy) is 1. The first kappa shape index (κ1) is 15.5. The summed E-state index contributed by atoms with van der Waals surface area (Å²) in [5.41, 5.74) is 0. The van der Waals surface area contributed by atoms with Gasteiger partial charge in [0.05, 0.1) is 13.0 Å². The summed E-state index contributed by atoms with van der Waals surface area (Å²) in [7, 11) is 0. The molecule has 0 spiro atoms. The molecule has 1 fully saturated rings. The van der Waals surface area contributed by atoms with Gasteiger partial charge in [-0.05, 0) is 39.3 Å². The van der Waals surface area contributed by atoms with Crippen molar-refractivity contribution in [1.29, 1.82) is 0 Å². The van der Waals surface area contributed by atoms with Gasteiger partial charge in [0.15, 0.2) is 0 Å². The van der Waals surface area contributed by atoms with Crippen LogP contribution in [0.25, 0.3) is 0 Å². The number of likely N-dealkylation sites (tertiary alicyclic amines) is 1. The van der Waals surface area contributed by atoms with Crippen molar-refractivity contribution in [3.05, 3.63) is 0 Å². The second-order valence-electron chi connectivity index (χ2n) is 5.26. The number of hydrogen-bond donors (Lipinski definition) is 0. The largest absolute Gasteiger partial charge is 0.466 e. The quantitative estimate of drug-likeness (QED) is 0.492. The molecule has 1 aliphatic heterocycles. The summed E-state index contributed by atoms with van der Waals surface area (Å²) in [4.78, 5) is 14.2. The van der Waals surface area contributed by atoms with E-state index in [1.54, 1.807) is 0 Å². The SMILES string of the molecule is CCCCCC(CC(=O)OCC)N1CCCCC1. The maximum atomic E-state index is 11.7. The molecule has 0 radical (unpaired) electrons. The molecule has 18 heavy (non-hydrogen) atoms. The van der Waals surface area contributed by atoms with Crippen LogP contribution in [0.1, 0.15) is 65.2 Å². The Morgan fingerprint density at radius 2 is 1.89 bits per heavy atom. The van der Waals surface area contributed by atoms with Crippen LogP contribution in [0, 0.1) is 0 Å². The van der Waals surface area contributed by atoms with Crippen LogP contribution in [0.15, 0.2) is 0 Å². The lowest BCUT2D eigenvalue weighted by Crippen LogP contribution is -2.40. The molecule has 1 atom stereocenters. The van der Waals surface area contributed by atoms with Crippen molar-refractivity contribution in [2.75, 3.05) is 19.7 Å². The average molecular weight is 255 g/mol. The van der Waals surface area contributed by atoms with E-state index < -0.39 is 0 Å². The topological polar surface area (TPSA) is 29.5 Å². The Labute approximate surface area is 112 Å². The molecule has 1 saturated heterocycles. The zero-order valence-corrected chi connectivity index (χ0v) is 12.1. The number of nitrogens with zero attached hydrogens (tertiary/aromatic N) is 1. The fourth-order valence-corrected chi connectivity index (χ4v) is 2.74. The first-order chi connectivity index (χ1) is 8.77. The Balaban J connectivity index is 2.41. The van der Waals surface area contributed by atoms with Crippen molar-refractivity contribution < 1.29 is 9.53 Å². The second kappa shape index (κ2) is 9.37. The third-order valence-electron chi connectivity index (χ3n) is 3.76. The molecule has 0 aromatic heterocycles. The molecule has 0 bridgehead atoms. The predicted octanol–water partition coefficient (Wildman–Crippen LogP) is 3.37. The first-order valence-corrected chi connectivity index (χ1v) is 7.67. The van der Waals surface area contributed by atoms with E-state index in [2.05, 4.69) is 11.8 Å². The second-order valence-corrected chi connectivity index (χ2v) is 5.26. The molecule has 1 unspecified atom stereocenters. The Kier molecular flexibility index (Phi) is 8.06. The van der Waals surface area contributed by atoms with Crippen molar-refractivity contribution >= 4 is 5.97 Å². The molecule has 0 aromatic carbocycles. The number of esters is 1. The fraction of sp³-hybridized carbons (Fsp3) is 0.933. The van der Waals surface area contributed by atoms with Crippen LogP contribution >= 0.6 is 0 Å². The van der Waals surface area contributed by atoms with Crippen LogP contribution in [0.3, 0.4) is 0 Å². The van der Waals surface area contributed by atoms with E-state index in [1.165, 1.54) is 38.5 Å². The number of unbranched alkanes of at least 4 members (excludes halogenated alkanes) is 2. The predicted molar refractivity (Wildman–Crippen MR) is 74.6 cm³/mol. The van der Waals surface area contributed by atoms with Crippen molar-refractivity contribution in [1.82, 2.24) is 4.90 Å². The molecule has 106 valence electrons. The van der Waals surface area contributed by atoms with Gasteiger partial charge in [-0.2, -0.15) is 0 Å². The number of carbonyl (C=O) groups excluding carboxylic acids is 1. The van der Waals surface area contributed by atoms with Gasteiger partial charge in [0.25, 0.3) is 0 Å². The Hall–Kier alpha value is -0.570. The maximum absolute atomic E-state index is 11.7. The van der Waals surface area contributed by atoms with Gasteiger partial charge in [-0.1, -0.05) is 32.6 Å². The molecule has 0 aromatic rings. The van der Waals surface area contributed by atoms with Crippen LogP contribution in [-0.4, -0.2) is 36.6 Å². The van der Waals surface area contributed by atoms with Crippen molar-refractivity contribution in [3.8, 4) is 0 Å². The number of hydrogen-bond acceptors (Lipinski definition) is 3. The molecule has 0 saturated carbocycles. The minimum atomic E-state index is -0.0235. The van der Waals surface area contributed by atoms with E-state index in [9.17, 15) is 4.79 Å². The molecular weight excluding hydrogens is 226 g/mol. The van der Waals surface area contributed by atoms with Gasteiger partial charge in [-0.15, -0.1) is 0 Å². The number of rotatable bonds is 8. The van der Waals surface area contributed by atoms with Crippen molar-refractivity contribution in [3.63, 3.8) is 0 Å². The van der Waals surface area contributed by atoms with Crippen molar-refractivity contribution in [2.45, 2.75) is 71.3 Å². The molecule has 0 amide bonds. The van der Waals surface area contributed by atoms with Crippen molar-refractivity contribution in [2.24, 2.45) is 0 Å². The van der Waals surface area contributed by atoms with Crippen LogP contribution < -0.4 is 0 Å². The summed E-state index contributed by atoms with van der Waals surface area (Å²) in [6, 6.07) is 0.413. The van der Waals surface area contributed by atoms with Gasteiger partial charge < -0.3 is 4.74 Å². The monoisotopic (exact) mass is 255 g/mol. The van der Waals surface area contributed by atoms with Crippen LogP contribution in [0.2, 0.25) is 0 Å². The summed E-state index contributed by atoms with van der Waals surface area (Å²) in [6.07, 6.45) is 9.39. The fourth-order valence-electron chi connectivity index (χ4n) is 2.74. The zero-order valence-electron chi connectivity index (χ0n) is 12.1.